The molecule has 0 radical (unpaired) electrons. The standard InChI is InChI=1S/C9H11NO3S/c1-10-9(11)6-7-3-2-4-8(5-7)14(12)13/h2-5H,6H2,1H3,(H,10,11)(H,12,13)/p-1. The highest BCUT2D eigenvalue weighted by Gasteiger charge is 2.01. The Morgan fingerprint density at radius 2 is 2.29 bits per heavy atom. The summed E-state index contributed by atoms with van der Waals surface area (Å²) >= 11 is -2.24. The molecule has 5 heteroatoms. The molecule has 0 fully saturated rings. The number of nitrogens with one attached hydrogen (secondary N) is 1. The lowest BCUT2D eigenvalue weighted by molar-refractivity contribution is -0.119. The third-order valence-electron chi connectivity index (χ3n) is 1.73. The Labute approximate surface area is 84.6 Å². The highest BCUT2D eigenvalue weighted by atomic mass is 32.2. The Morgan fingerprint density at radius 1 is 1.57 bits per heavy atom. The molecular formula is C9H10NO3S-. The Hall–Kier alpha value is -1.20. The molecule has 1 unspecified atom stereocenters. The van der Waals surface area contributed by atoms with Crippen LogP contribution in [-0.4, -0.2) is 21.7 Å². The van der Waals surface area contributed by atoms with Gasteiger partial charge in [-0.05, 0) is 28.8 Å². The van der Waals surface area contributed by atoms with E-state index in [1.54, 1.807) is 12.1 Å². The average molecular weight is 212 g/mol. The van der Waals surface area contributed by atoms with Crippen LogP contribution in [0, 0.1) is 0 Å². The van der Waals surface area contributed by atoms with E-state index in [0.29, 0.717) is 5.56 Å². The van der Waals surface area contributed by atoms with Crippen molar-refractivity contribution in [2.45, 2.75) is 11.3 Å². The number of hydrogen-bond donors (Lipinski definition) is 1. The van der Waals surface area contributed by atoms with E-state index < -0.39 is 11.1 Å². The molecule has 0 saturated heterocycles. The number of likely N-dealkylation sites (N-methyl/N-ethyl adjacent to an activating group) is 1. The smallest absolute Gasteiger partial charge is 0.224 e. The van der Waals surface area contributed by atoms with E-state index in [9.17, 15) is 13.6 Å². The largest absolute Gasteiger partial charge is 0.768 e. The van der Waals surface area contributed by atoms with Crippen molar-refractivity contribution in [1.82, 2.24) is 5.32 Å². The molecule has 1 aromatic carbocycles. The van der Waals surface area contributed by atoms with Gasteiger partial charge in [0.2, 0.25) is 5.91 Å². The fourth-order valence-corrected chi connectivity index (χ4v) is 1.47. The van der Waals surface area contributed by atoms with Gasteiger partial charge < -0.3 is 9.87 Å². The molecule has 1 rings (SSSR count). The van der Waals surface area contributed by atoms with E-state index in [2.05, 4.69) is 5.32 Å². The summed E-state index contributed by atoms with van der Waals surface area (Å²) in [6, 6.07) is 6.30. The van der Waals surface area contributed by atoms with Gasteiger partial charge in [0.1, 0.15) is 0 Å². The first-order chi connectivity index (χ1) is 6.63. The Balaban J connectivity index is 2.83. The Bertz CT molecular complexity index is 365. The molecule has 0 spiro atoms. The maximum absolute atomic E-state index is 11.0. The summed E-state index contributed by atoms with van der Waals surface area (Å²) in [6.45, 7) is 0. The quantitative estimate of drug-likeness (QED) is 0.728. The van der Waals surface area contributed by atoms with Crippen LogP contribution < -0.4 is 5.32 Å². The predicted molar refractivity (Wildman–Crippen MR) is 51.4 cm³/mol. The van der Waals surface area contributed by atoms with Crippen molar-refractivity contribution < 1.29 is 13.6 Å². The van der Waals surface area contributed by atoms with Crippen LogP contribution in [0.1, 0.15) is 5.56 Å². The van der Waals surface area contributed by atoms with Crippen LogP contribution in [0.25, 0.3) is 0 Å². The molecule has 0 aliphatic carbocycles. The zero-order valence-electron chi connectivity index (χ0n) is 7.65. The summed E-state index contributed by atoms with van der Waals surface area (Å²) in [7, 11) is 1.54. The van der Waals surface area contributed by atoms with Crippen LogP contribution in [0.3, 0.4) is 0 Å². The van der Waals surface area contributed by atoms with E-state index in [4.69, 9.17) is 0 Å². The molecule has 14 heavy (non-hydrogen) atoms. The number of rotatable bonds is 3. The highest BCUT2D eigenvalue weighted by molar-refractivity contribution is 7.79. The van der Waals surface area contributed by atoms with E-state index in [1.165, 1.54) is 19.2 Å². The van der Waals surface area contributed by atoms with Gasteiger partial charge in [-0.25, -0.2) is 0 Å². The van der Waals surface area contributed by atoms with Gasteiger partial charge in [0.05, 0.1) is 6.42 Å². The Morgan fingerprint density at radius 3 is 2.86 bits per heavy atom. The predicted octanol–water partition coefficient (Wildman–Crippen LogP) is 0.213. The van der Waals surface area contributed by atoms with Crippen molar-refractivity contribution in [3.63, 3.8) is 0 Å². The van der Waals surface area contributed by atoms with Crippen LogP contribution in [-0.2, 0) is 22.3 Å². The fraction of sp³-hybridized carbons (Fsp3) is 0.222. The van der Waals surface area contributed by atoms with Crippen molar-refractivity contribution >= 4 is 17.0 Å². The lowest BCUT2D eigenvalue weighted by atomic mass is 10.1. The maximum Gasteiger partial charge on any atom is 0.224 e. The first kappa shape index (κ1) is 10.9. The molecule has 1 aromatic rings. The molecule has 1 amide bonds. The Kier molecular flexibility index (Phi) is 3.79. The number of carbonyl (C=O) groups is 1. The molecule has 0 aliphatic rings. The second kappa shape index (κ2) is 4.88. The summed E-state index contributed by atoms with van der Waals surface area (Å²) < 4.78 is 21.2. The summed E-state index contributed by atoms with van der Waals surface area (Å²) in [5.41, 5.74) is 0.686. The van der Waals surface area contributed by atoms with E-state index in [1.807, 2.05) is 0 Å². The van der Waals surface area contributed by atoms with Crippen LogP contribution in [0.4, 0.5) is 0 Å². The summed E-state index contributed by atoms with van der Waals surface area (Å²) in [6.07, 6.45) is 0.196. The average Bonchev–Trinajstić information content (AvgIpc) is 2.18. The number of carbonyl (C=O) groups excluding carboxylic acids is 1. The minimum atomic E-state index is -2.24. The molecule has 1 atom stereocenters. The van der Waals surface area contributed by atoms with Crippen molar-refractivity contribution in [3.8, 4) is 0 Å². The molecule has 0 heterocycles. The minimum Gasteiger partial charge on any atom is -0.768 e. The van der Waals surface area contributed by atoms with Crippen molar-refractivity contribution in [2.24, 2.45) is 0 Å². The van der Waals surface area contributed by atoms with Crippen LogP contribution in [0.15, 0.2) is 29.2 Å². The first-order valence-electron chi connectivity index (χ1n) is 4.02. The zero-order valence-corrected chi connectivity index (χ0v) is 8.47. The molecular weight excluding hydrogens is 202 g/mol. The monoisotopic (exact) mass is 212 g/mol. The van der Waals surface area contributed by atoms with Crippen molar-refractivity contribution in [2.75, 3.05) is 7.05 Å². The van der Waals surface area contributed by atoms with Crippen molar-refractivity contribution in [1.29, 1.82) is 0 Å². The van der Waals surface area contributed by atoms with Gasteiger partial charge >= 0.3 is 0 Å². The van der Waals surface area contributed by atoms with Gasteiger partial charge in [-0.1, -0.05) is 12.1 Å². The second-order valence-electron chi connectivity index (χ2n) is 2.73. The molecule has 1 N–H and O–H groups in total. The lowest BCUT2D eigenvalue weighted by Gasteiger charge is -2.06. The topological polar surface area (TPSA) is 69.2 Å². The fourth-order valence-electron chi connectivity index (χ4n) is 1.03. The number of benzene rings is 1. The van der Waals surface area contributed by atoms with Gasteiger partial charge in [0.15, 0.2) is 0 Å². The van der Waals surface area contributed by atoms with Gasteiger partial charge in [0, 0.05) is 11.9 Å². The summed E-state index contributed by atoms with van der Waals surface area (Å²) in [5.74, 6) is -0.140. The lowest BCUT2D eigenvalue weighted by Crippen LogP contribution is -2.19. The molecule has 0 aliphatic heterocycles. The van der Waals surface area contributed by atoms with Crippen LogP contribution in [0.5, 0.6) is 0 Å². The summed E-state index contributed by atoms with van der Waals surface area (Å²) in [4.78, 5) is 11.2. The second-order valence-corrected chi connectivity index (χ2v) is 3.67. The van der Waals surface area contributed by atoms with E-state index in [-0.39, 0.29) is 17.2 Å². The van der Waals surface area contributed by atoms with E-state index >= 15 is 0 Å². The third-order valence-corrected chi connectivity index (χ3v) is 2.37. The normalized spacial score (nSPS) is 12.1. The van der Waals surface area contributed by atoms with Gasteiger partial charge in [-0.3, -0.25) is 9.00 Å². The summed E-state index contributed by atoms with van der Waals surface area (Å²) in [5, 5.41) is 2.47. The first-order valence-corrected chi connectivity index (χ1v) is 5.09. The van der Waals surface area contributed by atoms with E-state index in [0.717, 1.165) is 0 Å². The van der Waals surface area contributed by atoms with Crippen molar-refractivity contribution in [3.05, 3.63) is 29.8 Å². The van der Waals surface area contributed by atoms with Gasteiger partial charge in [-0.15, -0.1) is 0 Å². The molecule has 0 bridgehead atoms. The highest BCUT2D eigenvalue weighted by Crippen LogP contribution is 2.08. The molecule has 0 saturated carbocycles. The van der Waals surface area contributed by atoms with Crippen LogP contribution in [0.2, 0.25) is 0 Å². The van der Waals surface area contributed by atoms with Gasteiger partial charge in [0.25, 0.3) is 0 Å². The maximum atomic E-state index is 11.0. The van der Waals surface area contributed by atoms with Crippen LogP contribution >= 0.6 is 0 Å². The third kappa shape index (κ3) is 2.93. The molecule has 0 aromatic heterocycles. The zero-order chi connectivity index (χ0) is 10.6. The molecule has 4 nitrogen and oxygen atoms in total. The molecule has 76 valence electrons. The van der Waals surface area contributed by atoms with Gasteiger partial charge in [-0.2, -0.15) is 0 Å². The minimum absolute atomic E-state index is 0.140. The SMILES string of the molecule is CNC(=O)Cc1cccc(S(=O)[O-])c1. The number of amides is 1. The number of hydrogen-bond acceptors (Lipinski definition) is 3.